The van der Waals surface area contributed by atoms with Gasteiger partial charge in [-0.25, -0.2) is 0 Å². The molecule has 0 spiro atoms. The normalized spacial score (nSPS) is 12.5. The van der Waals surface area contributed by atoms with E-state index < -0.39 is 0 Å². The molecule has 0 amide bonds. The zero-order valence-corrected chi connectivity index (χ0v) is 10.6. The monoisotopic (exact) mass is 246 g/mol. The second kappa shape index (κ2) is 6.55. The van der Waals surface area contributed by atoms with Crippen LogP contribution in [0.15, 0.2) is 47.2 Å². The van der Waals surface area contributed by atoms with E-state index in [1.54, 1.807) is 11.3 Å². The van der Waals surface area contributed by atoms with Gasteiger partial charge in [-0.1, -0.05) is 30.3 Å². The Bertz CT molecular complexity index is 411. The van der Waals surface area contributed by atoms with Crippen molar-refractivity contribution in [1.29, 1.82) is 0 Å². The maximum atomic E-state index is 5.83. The molecule has 3 N–H and O–H groups in total. The molecular formula is C14H18N2S. The Labute approximate surface area is 106 Å². The summed E-state index contributed by atoms with van der Waals surface area (Å²) in [4.78, 5) is 0. The van der Waals surface area contributed by atoms with Gasteiger partial charge in [0.1, 0.15) is 0 Å². The van der Waals surface area contributed by atoms with Gasteiger partial charge < -0.3 is 11.1 Å². The first-order valence-corrected chi connectivity index (χ1v) is 6.81. The standard InChI is InChI=1S/C14H18N2S/c15-8-14(13-4-2-1-3-5-13)10-16-9-12-6-7-17-11-12/h1-7,11,14,16H,8-10,15H2. The van der Waals surface area contributed by atoms with Crippen LogP contribution >= 0.6 is 11.3 Å². The van der Waals surface area contributed by atoms with Crippen molar-refractivity contribution in [3.05, 3.63) is 58.3 Å². The number of thiophene rings is 1. The van der Waals surface area contributed by atoms with Gasteiger partial charge in [0.25, 0.3) is 0 Å². The van der Waals surface area contributed by atoms with Gasteiger partial charge in [0.2, 0.25) is 0 Å². The number of nitrogens with one attached hydrogen (secondary N) is 1. The first kappa shape index (κ1) is 12.3. The van der Waals surface area contributed by atoms with Crippen molar-refractivity contribution < 1.29 is 0 Å². The van der Waals surface area contributed by atoms with Gasteiger partial charge in [0, 0.05) is 25.6 Å². The molecule has 1 atom stereocenters. The molecule has 1 aromatic carbocycles. The highest BCUT2D eigenvalue weighted by Crippen LogP contribution is 2.13. The van der Waals surface area contributed by atoms with E-state index in [4.69, 9.17) is 5.73 Å². The highest BCUT2D eigenvalue weighted by molar-refractivity contribution is 7.07. The fraction of sp³-hybridized carbons (Fsp3) is 0.286. The molecule has 0 aliphatic rings. The molecule has 0 saturated carbocycles. The Balaban J connectivity index is 1.84. The molecule has 2 aromatic rings. The number of hydrogen-bond acceptors (Lipinski definition) is 3. The van der Waals surface area contributed by atoms with Gasteiger partial charge in [0.15, 0.2) is 0 Å². The summed E-state index contributed by atoms with van der Waals surface area (Å²) in [5.41, 5.74) is 8.49. The molecule has 0 fully saturated rings. The minimum absolute atomic E-state index is 0.398. The second-order valence-corrected chi connectivity index (χ2v) is 4.89. The van der Waals surface area contributed by atoms with Crippen molar-refractivity contribution in [3.8, 4) is 0 Å². The largest absolute Gasteiger partial charge is 0.330 e. The lowest BCUT2D eigenvalue weighted by molar-refractivity contribution is 0.589. The van der Waals surface area contributed by atoms with E-state index in [1.165, 1.54) is 11.1 Å². The van der Waals surface area contributed by atoms with Crippen molar-refractivity contribution in [2.24, 2.45) is 5.73 Å². The van der Waals surface area contributed by atoms with E-state index in [2.05, 4.69) is 46.4 Å². The van der Waals surface area contributed by atoms with E-state index in [1.807, 2.05) is 6.07 Å². The Morgan fingerprint density at radius 3 is 2.65 bits per heavy atom. The second-order valence-electron chi connectivity index (χ2n) is 4.11. The molecule has 90 valence electrons. The topological polar surface area (TPSA) is 38.0 Å². The average molecular weight is 246 g/mol. The van der Waals surface area contributed by atoms with Crippen LogP contribution in [0.2, 0.25) is 0 Å². The van der Waals surface area contributed by atoms with Gasteiger partial charge in [-0.05, 0) is 28.0 Å². The fourth-order valence-electron chi connectivity index (χ4n) is 1.85. The molecule has 0 saturated heterocycles. The molecule has 1 aromatic heterocycles. The van der Waals surface area contributed by atoms with E-state index in [0.29, 0.717) is 12.5 Å². The number of benzene rings is 1. The molecule has 17 heavy (non-hydrogen) atoms. The zero-order chi connectivity index (χ0) is 11.9. The zero-order valence-electron chi connectivity index (χ0n) is 9.80. The van der Waals surface area contributed by atoms with Gasteiger partial charge in [0.05, 0.1) is 0 Å². The summed E-state index contributed by atoms with van der Waals surface area (Å²) in [5.74, 6) is 0.398. The van der Waals surface area contributed by atoms with Crippen LogP contribution in [0.3, 0.4) is 0 Å². The van der Waals surface area contributed by atoms with E-state index in [0.717, 1.165) is 13.1 Å². The van der Waals surface area contributed by atoms with Crippen LogP contribution in [-0.2, 0) is 6.54 Å². The van der Waals surface area contributed by atoms with Crippen molar-refractivity contribution >= 4 is 11.3 Å². The predicted molar refractivity (Wildman–Crippen MR) is 74.3 cm³/mol. The third-order valence-electron chi connectivity index (χ3n) is 2.86. The van der Waals surface area contributed by atoms with Gasteiger partial charge in [-0.15, -0.1) is 0 Å². The maximum Gasteiger partial charge on any atom is 0.0214 e. The Morgan fingerprint density at radius 2 is 2.00 bits per heavy atom. The van der Waals surface area contributed by atoms with Gasteiger partial charge >= 0.3 is 0 Å². The lowest BCUT2D eigenvalue weighted by atomic mass is 9.99. The number of hydrogen-bond donors (Lipinski definition) is 2. The molecule has 1 heterocycles. The summed E-state index contributed by atoms with van der Waals surface area (Å²) >= 11 is 1.74. The van der Waals surface area contributed by atoms with E-state index >= 15 is 0 Å². The lowest BCUT2D eigenvalue weighted by Gasteiger charge is -2.15. The quantitative estimate of drug-likeness (QED) is 0.822. The van der Waals surface area contributed by atoms with Crippen LogP contribution in [0.5, 0.6) is 0 Å². The minimum Gasteiger partial charge on any atom is -0.330 e. The van der Waals surface area contributed by atoms with Crippen molar-refractivity contribution in [2.45, 2.75) is 12.5 Å². The van der Waals surface area contributed by atoms with Crippen LogP contribution in [-0.4, -0.2) is 13.1 Å². The summed E-state index contributed by atoms with van der Waals surface area (Å²) in [7, 11) is 0. The van der Waals surface area contributed by atoms with Crippen LogP contribution in [0, 0.1) is 0 Å². The first-order chi connectivity index (χ1) is 8.40. The van der Waals surface area contributed by atoms with Crippen molar-refractivity contribution in [2.75, 3.05) is 13.1 Å². The van der Waals surface area contributed by atoms with Gasteiger partial charge in [-0.3, -0.25) is 0 Å². The number of nitrogens with two attached hydrogens (primary N) is 1. The Kier molecular flexibility index (Phi) is 4.74. The third kappa shape index (κ3) is 3.66. The summed E-state index contributed by atoms with van der Waals surface area (Å²) in [6.07, 6.45) is 0. The van der Waals surface area contributed by atoms with Crippen LogP contribution in [0.1, 0.15) is 17.0 Å². The van der Waals surface area contributed by atoms with Crippen LogP contribution in [0.25, 0.3) is 0 Å². The molecule has 3 heteroatoms. The molecule has 2 rings (SSSR count). The van der Waals surface area contributed by atoms with Crippen LogP contribution < -0.4 is 11.1 Å². The highest BCUT2D eigenvalue weighted by Gasteiger charge is 2.08. The molecule has 1 unspecified atom stereocenters. The molecule has 0 aliphatic carbocycles. The smallest absolute Gasteiger partial charge is 0.0214 e. The molecule has 0 bridgehead atoms. The summed E-state index contributed by atoms with van der Waals surface area (Å²) in [6.45, 7) is 2.53. The van der Waals surface area contributed by atoms with Crippen molar-refractivity contribution in [1.82, 2.24) is 5.32 Å². The molecule has 2 nitrogen and oxygen atoms in total. The maximum absolute atomic E-state index is 5.83. The highest BCUT2D eigenvalue weighted by atomic mass is 32.1. The third-order valence-corrected chi connectivity index (χ3v) is 3.59. The molecular weight excluding hydrogens is 228 g/mol. The Hall–Kier alpha value is -1.16. The fourth-order valence-corrected chi connectivity index (χ4v) is 2.52. The predicted octanol–water partition coefficient (Wildman–Crippen LogP) is 2.58. The number of rotatable bonds is 6. The van der Waals surface area contributed by atoms with E-state index in [9.17, 15) is 0 Å². The van der Waals surface area contributed by atoms with Crippen LogP contribution in [0.4, 0.5) is 0 Å². The molecule has 0 aliphatic heterocycles. The first-order valence-electron chi connectivity index (χ1n) is 5.87. The summed E-state index contributed by atoms with van der Waals surface area (Å²) < 4.78 is 0. The molecule has 0 radical (unpaired) electrons. The average Bonchev–Trinajstić information content (AvgIpc) is 2.89. The summed E-state index contributed by atoms with van der Waals surface area (Å²) in [6, 6.07) is 12.6. The summed E-state index contributed by atoms with van der Waals surface area (Å²) in [5, 5.41) is 7.74. The van der Waals surface area contributed by atoms with E-state index in [-0.39, 0.29) is 0 Å². The van der Waals surface area contributed by atoms with Crippen molar-refractivity contribution in [3.63, 3.8) is 0 Å². The van der Waals surface area contributed by atoms with Gasteiger partial charge in [-0.2, -0.15) is 11.3 Å². The Morgan fingerprint density at radius 1 is 1.18 bits per heavy atom. The SMILES string of the molecule is NCC(CNCc1ccsc1)c1ccccc1. The minimum atomic E-state index is 0.398. The lowest BCUT2D eigenvalue weighted by Crippen LogP contribution is -2.26.